The Morgan fingerprint density at radius 2 is 1.95 bits per heavy atom. The fourth-order valence-electron chi connectivity index (χ4n) is 2.45. The van der Waals surface area contributed by atoms with Gasteiger partial charge in [0.2, 0.25) is 5.91 Å². The van der Waals surface area contributed by atoms with Crippen LogP contribution >= 0.6 is 0 Å². The molecular weight excluding hydrogens is 276 g/mol. The van der Waals surface area contributed by atoms with Gasteiger partial charge in [0.05, 0.1) is 11.6 Å². The van der Waals surface area contributed by atoms with E-state index >= 15 is 0 Å². The fraction of sp³-hybridized carbons (Fsp3) is 0.471. The second kappa shape index (κ2) is 7.73. The van der Waals surface area contributed by atoms with Crippen LogP contribution in [0.2, 0.25) is 0 Å². The van der Waals surface area contributed by atoms with Gasteiger partial charge in [0.15, 0.2) is 5.65 Å². The number of unbranched alkanes of at least 4 members (excludes halogenated alkanes) is 2. The summed E-state index contributed by atoms with van der Waals surface area (Å²) in [6.45, 7) is 5.02. The van der Waals surface area contributed by atoms with Crippen LogP contribution in [-0.4, -0.2) is 22.4 Å². The second-order valence-corrected chi connectivity index (χ2v) is 5.48. The van der Waals surface area contributed by atoms with E-state index < -0.39 is 0 Å². The molecule has 0 saturated heterocycles. The zero-order chi connectivity index (χ0) is 15.9. The van der Waals surface area contributed by atoms with Gasteiger partial charge in [-0.2, -0.15) is 0 Å². The molecule has 0 spiro atoms. The topological polar surface area (TPSA) is 80.9 Å². The Hall–Kier alpha value is -2.17. The quantitative estimate of drug-likeness (QED) is 0.733. The van der Waals surface area contributed by atoms with Crippen LogP contribution in [0, 0.1) is 0 Å². The molecule has 22 heavy (non-hydrogen) atoms. The Kier molecular flexibility index (Phi) is 5.69. The molecular formula is C17H24N4O. The number of carbonyl (C=O) groups excluding carboxylic acids is 1. The van der Waals surface area contributed by atoms with Gasteiger partial charge >= 0.3 is 0 Å². The summed E-state index contributed by atoms with van der Waals surface area (Å²) in [6, 6.07) is 7.75. The molecule has 5 nitrogen and oxygen atoms in total. The molecule has 0 saturated carbocycles. The summed E-state index contributed by atoms with van der Waals surface area (Å²) in [6.07, 6.45) is 4.18. The molecule has 0 bridgehead atoms. The summed E-state index contributed by atoms with van der Waals surface area (Å²) in [5, 5.41) is 4.27. The van der Waals surface area contributed by atoms with Gasteiger partial charge in [-0.15, -0.1) is 0 Å². The number of hydrogen-bond acceptors (Lipinski definition) is 4. The highest BCUT2D eigenvalue weighted by atomic mass is 16.1. The highest BCUT2D eigenvalue weighted by molar-refractivity contribution is 5.83. The molecule has 2 aromatic heterocycles. The van der Waals surface area contributed by atoms with E-state index in [2.05, 4.69) is 22.2 Å². The largest absolute Gasteiger partial charge is 0.370 e. The number of fused-ring (bicyclic) bond motifs is 1. The van der Waals surface area contributed by atoms with Gasteiger partial charge in [0, 0.05) is 11.9 Å². The van der Waals surface area contributed by atoms with Crippen LogP contribution in [0.4, 0.5) is 5.82 Å². The van der Waals surface area contributed by atoms with Crippen molar-refractivity contribution in [1.82, 2.24) is 9.97 Å². The van der Waals surface area contributed by atoms with Gasteiger partial charge in [-0.3, -0.25) is 4.79 Å². The SMILES string of the molecule is CCCCCNc1ccc2ccc(C(CC)C(N)=O)nc2n1. The summed E-state index contributed by atoms with van der Waals surface area (Å²) in [4.78, 5) is 20.5. The molecule has 2 rings (SSSR count). The minimum Gasteiger partial charge on any atom is -0.370 e. The number of aromatic nitrogens is 2. The van der Waals surface area contributed by atoms with Crippen molar-refractivity contribution < 1.29 is 4.79 Å². The van der Waals surface area contributed by atoms with E-state index in [0.29, 0.717) is 17.8 Å². The zero-order valence-corrected chi connectivity index (χ0v) is 13.3. The van der Waals surface area contributed by atoms with Crippen LogP contribution in [0.25, 0.3) is 11.0 Å². The van der Waals surface area contributed by atoms with Crippen LogP contribution in [0.3, 0.4) is 0 Å². The predicted molar refractivity (Wildman–Crippen MR) is 89.8 cm³/mol. The lowest BCUT2D eigenvalue weighted by molar-refractivity contribution is -0.119. The maximum atomic E-state index is 11.5. The average molecular weight is 300 g/mol. The first-order valence-electron chi connectivity index (χ1n) is 7.96. The third kappa shape index (κ3) is 3.93. The van der Waals surface area contributed by atoms with Gasteiger partial charge in [-0.25, -0.2) is 9.97 Å². The van der Waals surface area contributed by atoms with E-state index in [1.54, 1.807) is 0 Å². The van der Waals surface area contributed by atoms with Crippen LogP contribution in [0.1, 0.15) is 51.1 Å². The van der Waals surface area contributed by atoms with Crippen molar-refractivity contribution in [2.75, 3.05) is 11.9 Å². The van der Waals surface area contributed by atoms with Gasteiger partial charge in [-0.05, 0) is 37.1 Å². The van der Waals surface area contributed by atoms with Crippen molar-refractivity contribution in [1.29, 1.82) is 0 Å². The first kappa shape index (κ1) is 16.2. The maximum Gasteiger partial charge on any atom is 0.226 e. The number of nitrogens with zero attached hydrogens (tertiary/aromatic N) is 2. The fourth-order valence-corrected chi connectivity index (χ4v) is 2.45. The summed E-state index contributed by atoms with van der Waals surface area (Å²) >= 11 is 0. The summed E-state index contributed by atoms with van der Waals surface area (Å²) in [5.41, 5.74) is 6.78. The van der Waals surface area contributed by atoms with Crippen molar-refractivity contribution in [2.24, 2.45) is 5.73 Å². The minimum absolute atomic E-state index is 0.344. The normalized spacial score (nSPS) is 12.3. The lowest BCUT2D eigenvalue weighted by atomic mass is 10.0. The van der Waals surface area contributed by atoms with E-state index in [4.69, 9.17) is 5.73 Å². The Bertz CT molecular complexity index is 642. The summed E-state index contributed by atoms with van der Waals surface area (Å²) < 4.78 is 0. The number of carbonyl (C=O) groups is 1. The van der Waals surface area contributed by atoms with Gasteiger partial charge in [0.25, 0.3) is 0 Å². The van der Waals surface area contributed by atoms with Crippen LogP contribution < -0.4 is 11.1 Å². The van der Waals surface area contributed by atoms with Crippen molar-refractivity contribution in [3.05, 3.63) is 30.0 Å². The molecule has 1 unspecified atom stereocenters. The smallest absolute Gasteiger partial charge is 0.226 e. The molecule has 1 amide bonds. The molecule has 0 aromatic carbocycles. The molecule has 0 aliphatic carbocycles. The van der Waals surface area contributed by atoms with Crippen molar-refractivity contribution in [2.45, 2.75) is 45.4 Å². The molecule has 0 aliphatic rings. The number of hydrogen-bond donors (Lipinski definition) is 2. The molecule has 0 fully saturated rings. The Morgan fingerprint density at radius 3 is 2.64 bits per heavy atom. The minimum atomic E-state index is -0.354. The van der Waals surface area contributed by atoms with E-state index in [-0.39, 0.29) is 11.8 Å². The van der Waals surface area contributed by atoms with E-state index in [1.807, 2.05) is 31.2 Å². The standard InChI is InChI=1S/C17H24N4O/c1-3-5-6-11-19-15-10-8-12-7-9-14(20-17(12)21-15)13(4-2)16(18)22/h7-10,13H,3-6,11H2,1-2H3,(H2,18,22)(H,19,20,21). The Labute approximate surface area is 131 Å². The van der Waals surface area contributed by atoms with Gasteiger partial charge < -0.3 is 11.1 Å². The zero-order valence-electron chi connectivity index (χ0n) is 13.3. The molecule has 118 valence electrons. The lowest BCUT2D eigenvalue weighted by Gasteiger charge is -2.11. The Balaban J connectivity index is 2.20. The summed E-state index contributed by atoms with van der Waals surface area (Å²) in [7, 11) is 0. The lowest BCUT2D eigenvalue weighted by Crippen LogP contribution is -2.21. The Morgan fingerprint density at radius 1 is 1.18 bits per heavy atom. The summed E-state index contributed by atoms with van der Waals surface area (Å²) in [5.74, 6) is 0.121. The molecule has 2 heterocycles. The number of amides is 1. The molecule has 0 aliphatic heterocycles. The molecule has 2 aromatic rings. The van der Waals surface area contributed by atoms with Gasteiger partial charge in [0.1, 0.15) is 5.82 Å². The highest BCUT2D eigenvalue weighted by Gasteiger charge is 2.17. The molecule has 3 N–H and O–H groups in total. The van der Waals surface area contributed by atoms with Crippen molar-refractivity contribution in [3.8, 4) is 0 Å². The van der Waals surface area contributed by atoms with Crippen LogP contribution in [-0.2, 0) is 4.79 Å². The molecule has 0 radical (unpaired) electrons. The number of primary amides is 1. The molecule has 1 atom stereocenters. The van der Waals surface area contributed by atoms with Gasteiger partial charge in [-0.1, -0.05) is 26.7 Å². The van der Waals surface area contributed by atoms with Crippen LogP contribution in [0.15, 0.2) is 24.3 Å². The number of pyridine rings is 2. The monoisotopic (exact) mass is 300 g/mol. The first-order chi connectivity index (χ1) is 10.7. The first-order valence-corrected chi connectivity index (χ1v) is 7.96. The van der Waals surface area contributed by atoms with E-state index in [0.717, 1.165) is 24.2 Å². The third-order valence-electron chi connectivity index (χ3n) is 3.77. The van der Waals surface area contributed by atoms with Crippen LogP contribution in [0.5, 0.6) is 0 Å². The van der Waals surface area contributed by atoms with E-state index in [9.17, 15) is 4.79 Å². The maximum absolute atomic E-state index is 11.5. The number of nitrogens with two attached hydrogens (primary N) is 1. The number of rotatable bonds is 8. The highest BCUT2D eigenvalue weighted by Crippen LogP contribution is 2.21. The molecule has 5 heteroatoms. The second-order valence-electron chi connectivity index (χ2n) is 5.48. The van der Waals surface area contributed by atoms with Crippen molar-refractivity contribution in [3.63, 3.8) is 0 Å². The average Bonchev–Trinajstić information content (AvgIpc) is 2.51. The predicted octanol–water partition coefficient (Wildman–Crippen LogP) is 3.21. The number of nitrogens with one attached hydrogen (secondary N) is 1. The third-order valence-corrected chi connectivity index (χ3v) is 3.77. The van der Waals surface area contributed by atoms with Crippen molar-refractivity contribution >= 4 is 22.8 Å². The van der Waals surface area contributed by atoms with E-state index in [1.165, 1.54) is 12.8 Å². The number of anilines is 1.